The monoisotopic (exact) mass is 396 g/mol. The third-order valence-corrected chi connectivity index (χ3v) is 5.90. The van der Waals surface area contributed by atoms with E-state index in [1.807, 2.05) is 0 Å². The average Bonchev–Trinajstić information content (AvgIpc) is 2.80. The third-order valence-electron chi connectivity index (χ3n) is 4.53. The molecule has 2 aromatic carbocycles. The number of aromatic hydroxyl groups is 2. The Morgan fingerprint density at radius 1 is 1.22 bits per heavy atom. The average molecular weight is 396 g/mol. The predicted molar refractivity (Wildman–Crippen MR) is 99.4 cm³/mol. The highest BCUT2D eigenvalue weighted by atomic mass is 32.2. The van der Waals surface area contributed by atoms with Crippen molar-refractivity contribution in [3.05, 3.63) is 29.6 Å². The summed E-state index contributed by atoms with van der Waals surface area (Å²) in [5, 5.41) is 20.6. The van der Waals surface area contributed by atoms with Crippen molar-refractivity contribution >= 4 is 32.6 Å². The fourth-order valence-electron chi connectivity index (χ4n) is 3.20. The van der Waals surface area contributed by atoms with Crippen LogP contribution in [-0.2, 0) is 21.4 Å². The van der Waals surface area contributed by atoms with E-state index < -0.39 is 39.9 Å². The smallest absolute Gasteiger partial charge is 0.326 e. The Labute approximate surface area is 156 Å². The summed E-state index contributed by atoms with van der Waals surface area (Å²) in [4.78, 5) is 11.4. The number of halogens is 1. The summed E-state index contributed by atoms with van der Waals surface area (Å²) in [6.07, 6.45) is 2.29. The number of hydrogen-bond acceptors (Lipinski definition) is 5. The molecule has 0 atom stereocenters. The standard InChI is InChI=1S/C18H21FN2O5S/c1-10(2)4-3-5-11-6-13-12(7-14(11)22)8-15(23)18(17(13)19)21-9-16(24)20-27(21,25)26/h6-8,10,22-23H,3-5,9H2,1-2H3,(H,20,24). The van der Waals surface area contributed by atoms with E-state index in [1.54, 1.807) is 4.72 Å². The van der Waals surface area contributed by atoms with Crippen LogP contribution < -0.4 is 9.03 Å². The number of carbonyl (C=O) groups is 1. The molecule has 1 aliphatic rings. The van der Waals surface area contributed by atoms with E-state index >= 15 is 4.39 Å². The number of anilines is 1. The molecule has 1 fully saturated rings. The largest absolute Gasteiger partial charge is 0.508 e. The van der Waals surface area contributed by atoms with E-state index in [0.29, 0.717) is 22.2 Å². The second kappa shape index (κ2) is 6.88. The first-order valence-corrected chi connectivity index (χ1v) is 10.0. The Morgan fingerprint density at radius 3 is 2.48 bits per heavy atom. The number of hydrogen-bond donors (Lipinski definition) is 3. The fourth-order valence-corrected chi connectivity index (χ4v) is 4.36. The third kappa shape index (κ3) is 3.64. The second-order valence-corrected chi connectivity index (χ2v) is 8.68. The second-order valence-electron chi connectivity index (χ2n) is 7.08. The van der Waals surface area contributed by atoms with Gasteiger partial charge in [0.25, 0.3) is 5.91 Å². The lowest BCUT2D eigenvalue weighted by atomic mass is 9.98. The van der Waals surface area contributed by atoms with E-state index in [9.17, 15) is 23.4 Å². The van der Waals surface area contributed by atoms with Crippen molar-refractivity contribution in [1.29, 1.82) is 0 Å². The Bertz CT molecular complexity index is 1020. The zero-order valence-electron chi connectivity index (χ0n) is 15.0. The van der Waals surface area contributed by atoms with Crippen molar-refractivity contribution < 1.29 is 27.8 Å². The maximum Gasteiger partial charge on any atom is 0.326 e. The van der Waals surface area contributed by atoms with Crippen LogP contribution in [0.1, 0.15) is 32.3 Å². The molecular weight excluding hydrogens is 375 g/mol. The van der Waals surface area contributed by atoms with Gasteiger partial charge in [0.1, 0.15) is 23.7 Å². The molecule has 1 aliphatic heterocycles. The van der Waals surface area contributed by atoms with E-state index in [1.165, 1.54) is 18.2 Å². The maximum atomic E-state index is 15.1. The summed E-state index contributed by atoms with van der Waals surface area (Å²) < 4.78 is 41.4. The Morgan fingerprint density at radius 2 is 1.89 bits per heavy atom. The van der Waals surface area contributed by atoms with Crippen LogP contribution >= 0.6 is 0 Å². The molecule has 27 heavy (non-hydrogen) atoms. The van der Waals surface area contributed by atoms with Crippen molar-refractivity contribution in [3.8, 4) is 11.5 Å². The molecule has 0 aromatic heterocycles. The zero-order valence-corrected chi connectivity index (χ0v) is 15.8. The van der Waals surface area contributed by atoms with E-state index in [2.05, 4.69) is 13.8 Å². The Kier molecular flexibility index (Phi) is 4.90. The number of fused-ring (bicyclic) bond motifs is 1. The Hall–Kier alpha value is -2.55. The van der Waals surface area contributed by atoms with Gasteiger partial charge in [0.05, 0.1) is 0 Å². The van der Waals surface area contributed by atoms with Gasteiger partial charge in [-0.1, -0.05) is 20.3 Å². The normalized spacial score (nSPS) is 16.3. The lowest BCUT2D eigenvalue weighted by Crippen LogP contribution is -2.30. The number of nitrogens with one attached hydrogen (secondary N) is 1. The topological polar surface area (TPSA) is 107 Å². The van der Waals surface area contributed by atoms with Gasteiger partial charge in [0.15, 0.2) is 5.82 Å². The molecule has 1 saturated heterocycles. The summed E-state index contributed by atoms with van der Waals surface area (Å²) in [6.45, 7) is 3.55. The summed E-state index contributed by atoms with van der Waals surface area (Å²) in [7, 11) is -4.26. The quantitative estimate of drug-likeness (QED) is 0.720. The predicted octanol–water partition coefficient (Wildman–Crippen LogP) is 2.55. The molecular formula is C18H21FN2O5S. The molecule has 0 bridgehead atoms. The highest BCUT2D eigenvalue weighted by molar-refractivity contribution is 7.92. The summed E-state index contributed by atoms with van der Waals surface area (Å²) in [5.41, 5.74) is -0.0446. The molecule has 0 radical (unpaired) electrons. The minimum absolute atomic E-state index is 0.0107. The van der Waals surface area contributed by atoms with Crippen LogP contribution in [-0.4, -0.2) is 31.1 Å². The molecule has 1 amide bonds. The number of rotatable bonds is 5. The first-order chi connectivity index (χ1) is 12.6. The molecule has 0 spiro atoms. The van der Waals surface area contributed by atoms with Crippen molar-refractivity contribution in [3.63, 3.8) is 0 Å². The van der Waals surface area contributed by atoms with Gasteiger partial charge in [-0.15, -0.1) is 0 Å². The SMILES string of the molecule is CC(C)CCCc1cc2c(F)c(N3CC(=O)NS3(=O)=O)c(O)cc2cc1O. The Balaban J connectivity index is 2.09. The van der Waals surface area contributed by atoms with Gasteiger partial charge < -0.3 is 10.2 Å². The van der Waals surface area contributed by atoms with Crippen LogP contribution in [0.4, 0.5) is 10.1 Å². The van der Waals surface area contributed by atoms with Gasteiger partial charge in [0, 0.05) is 5.39 Å². The number of carbonyl (C=O) groups excluding carboxylic acids is 1. The van der Waals surface area contributed by atoms with Gasteiger partial charge in [-0.05, 0) is 47.9 Å². The van der Waals surface area contributed by atoms with Crippen molar-refractivity contribution in [2.45, 2.75) is 33.1 Å². The summed E-state index contributed by atoms with van der Waals surface area (Å²) in [6, 6.07) is 3.97. The number of phenols is 2. The van der Waals surface area contributed by atoms with Gasteiger partial charge in [-0.2, -0.15) is 8.42 Å². The molecule has 146 valence electrons. The van der Waals surface area contributed by atoms with Crippen molar-refractivity contribution in [2.24, 2.45) is 5.92 Å². The minimum atomic E-state index is -4.26. The van der Waals surface area contributed by atoms with Gasteiger partial charge in [0.2, 0.25) is 0 Å². The first-order valence-electron chi connectivity index (χ1n) is 8.60. The van der Waals surface area contributed by atoms with Crippen LogP contribution in [0, 0.1) is 11.7 Å². The highest BCUT2D eigenvalue weighted by Gasteiger charge is 2.37. The number of nitrogens with zero attached hydrogens (tertiary/aromatic N) is 1. The molecule has 3 N–H and O–H groups in total. The fraction of sp³-hybridized carbons (Fsp3) is 0.389. The van der Waals surface area contributed by atoms with Crippen LogP contribution in [0.2, 0.25) is 0 Å². The molecule has 7 nitrogen and oxygen atoms in total. The number of benzene rings is 2. The van der Waals surface area contributed by atoms with E-state index in [4.69, 9.17) is 0 Å². The van der Waals surface area contributed by atoms with E-state index in [-0.39, 0.29) is 16.5 Å². The first kappa shape index (κ1) is 19.2. The van der Waals surface area contributed by atoms with Crippen LogP contribution in [0.15, 0.2) is 18.2 Å². The van der Waals surface area contributed by atoms with Crippen molar-refractivity contribution in [2.75, 3.05) is 10.8 Å². The molecule has 2 aromatic rings. The number of amides is 1. The maximum absolute atomic E-state index is 15.1. The molecule has 0 aliphatic carbocycles. The van der Waals surface area contributed by atoms with Crippen LogP contribution in [0.25, 0.3) is 10.8 Å². The minimum Gasteiger partial charge on any atom is -0.508 e. The lowest BCUT2D eigenvalue weighted by molar-refractivity contribution is -0.117. The molecule has 0 saturated carbocycles. The lowest BCUT2D eigenvalue weighted by Gasteiger charge is -2.18. The van der Waals surface area contributed by atoms with E-state index in [0.717, 1.165) is 12.8 Å². The molecule has 9 heteroatoms. The summed E-state index contributed by atoms with van der Waals surface area (Å²) in [5.74, 6) is -1.92. The van der Waals surface area contributed by atoms with Gasteiger partial charge in [-0.3, -0.25) is 4.79 Å². The molecule has 3 rings (SSSR count). The zero-order chi connectivity index (χ0) is 19.9. The highest BCUT2D eigenvalue weighted by Crippen LogP contribution is 2.40. The number of aryl methyl sites for hydroxylation is 1. The number of phenolic OH excluding ortho intramolecular Hbond substituents is 2. The summed E-state index contributed by atoms with van der Waals surface area (Å²) >= 11 is 0. The molecule has 1 heterocycles. The van der Waals surface area contributed by atoms with Crippen LogP contribution in [0.5, 0.6) is 11.5 Å². The van der Waals surface area contributed by atoms with Crippen LogP contribution in [0.3, 0.4) is 0 Å². The van der Waals surface area contributed by atoms with Crippen molar-refractivity contribution in [1.82, 2.24) is 4.72 Å². The van der Waals surface area contributed by atoms with Gasteiger partial charge in [-0.25, -0.2) is 13.4 Å². The van der Waals surface area contributed by atoms with Gasteiger partial charge >= 0.3 is 10.2 Å². The molecule has 0 unspecified atom stereocenters.